The van der Waals surface area contributed by atoms with Gasteiger partial charge in [0, 0.05) is 11.4 Å². The summed E-state index contributed by atoms with van der Waals surface area (Å²) >= 11 is 0. The molecule has 172 valence electrons. The number of unbranched alkanes of at least 4 members (excludes halogenated alkanes) is 6. The molecule has 1 N–H and O–H groups in total. The van der Waals surface area contributed by atoms with Crippen molar-refractivity contribution in [1.82, 2.24) is 0 Å². The molecule has 0 saturated carbocycles. The van der Waals surface area contributed by atoms with Gasteiger partial charge in [0.15, 0.2) is 0 Å². The van der Waals surface area contributed by atoms with Crippen LogP contribution in [0.5, 0.6) is 0 Å². The van der Waals surface area contributed by atoms with E-state index in [4.69, 9.17) is 0 Å². The monoisotopic (exact) mass is 421 g/mol. The van der Waals surface area contributed by atoms with Crippen molar-refractivity contribution >= 4 is 11.4 Å². The molecule has 2 aromatic carbocycles. The minimum absolute atomic E-state index is 0.642. The van der Waals surface area contributed by atoms with Crippen LogP contribution >= 0.6 is 0 Å². The van der Waals surface area contributed by atoms with Crippen molar-refractivity contribution in [1.29, 1.82) is 0 Å². The molecule has 0 saturated heterocycles. The van der Waals surface area contributed by atoms with Gasteiger partial charge in [-0.2, -0.15) is 0 Å². The van der Waals surface area contributed by atoms with Crippen LogP contribution in [0.1, 0.15) is 128 Å². The maximum absolute atomic E-state index is 3.87. The molecule has 2 rings (SSSR count). The lowest BCUT2D eigenvalue weighted by molar-refractivity contribution is 0.542. The lowest BCUT2D eigenvalue weighted by Gasteiger charge is -2.23. The van der Waals surface area contributed by atoms with Gasteiger partial charge in [0.25, 0.3) is 0 Å². The number of anilines is 2. The molecular weight excluding hydrogens is 374 g/mol. The highest BCUT2D eigenvalue weighted by Crippen LogP contribution is 2.37. The maximum atomic E-state index is 3.87. The van der Waals surface area contributed by atoms with Crippen LogP contribution < -0.4 is 5.32 Å². The Labute approximate surface area is 193 Å². The predicted octanol–water partition coefficient (Wildman–Crippen LogP) is 10.4. The maximum Gasteiger partial charge on any atom is 0.0419 e. The van der Waals surface area contributed by atoms with Crippen molar-refractivity contribution < 1.29 is 0 Å². The Morgan fingerprint density at radius 3 is 1.35 bits per heavy atom. The van der Waals surface area contributed by atoms with Crippen LogP contribution in [-0.4, -0.2) is 0 Å². The van der Waals surface area contributed by atoms with Gasteiger partial charge in [0.1, 0.15) is 0 Å². The number of rotatable bonds is 16. The first-order chi connectivity index (χ1) is 15.2. The fourth-order valence-corrected chi connectivity index (χ4v) is 4.87. The molecule has 31 heavy (non-hydrogen) atoms. The first-order valence-electron chi connectivity index (χ1n) is 13.2. The normalized spacial score (nSPS) is 13.2. The van der Waals surface area contributed by atoms with Crippen molar-refractivity contribution in [2.75, 3.05) is 5.32 Å². The molecular formula is C30H47N. The second kappa shape index (κ2) is 15.1. The summed E-state index contributed by atoms with van der Waals surface area (Å²) in [5.41, 5.74) is 5.59. The topological polar surface area (TPSA) is 12.0 Å². The molecule has 0 heterocycles. The van der Waals surface area contributed by atoms with Crippen LogP contribution in [0.4, 0.5) is 11.4 Å². The summed E-state index contributed by atoms with van der Waals surface area (Å²) < 4.78 is 0. The Hall–Kier alpha value is -1.76. The molecule has 2 aromatic rings. The van der Waals surface area contributed by atoms with Crippen molar-refractivity contribution in [3.8, 4) is 0 Å². The van der Waals surface area contributed by atoms with Crippen LogP contribution in [0.3, 0.4) is 0 Å². The van der Waals surface area contributed by atoms with E-state index in [0.29, 0.717) is 11.8 Å². The van der Waals surface area contributed by atoms with Crippen molar-refractivity contribution in [2.24, 2.45) is 0 Å². The third kappa shape index (κ3) is 8.36. The summed E-state index contributed by atoms with van der Waals surface area (Å²) in [6, 6.07) is 18.0. The van der Waals surface area contributed by atoms with Gasteiger partial charge in [-0.3, -0.25) is 0 Å². The second-order valence-corrected chi connectivity index (χ2v) is 9.21. The summed E-state index contributed by atoms with van der Waals surface area (Å²) in [5.74, 6) is 1.28. The molecule has 0 aliphatic carbocycles. The van der Waals surface area contributed by atoms with Gasteiger partial charge in [-0.15, -0.1) is 0 Å². The Morgan fingerprint density at radius 1 is 0.548 bits per heavy atom. The summed E-state index contributed by atoms with van der Waals surface area (Å²) in [6.45, 7) is 9.28. The first kappa shape index (κ1) is 25.5. The Kier molecular flexibility index (Phi) is 12.4. The van der Waals surface area contributed by atoms with E-state index >= 15 is 0 Å². The number of hydrogen-bond donors (Lipinski definition) is 1. The molecule has 0 radical (unpaired) electrons. The van der Waals surface area contributed by atoms with Gasteiger partial charge in [0.2, 0.25) is 0 Å². The fourth-order valence-electron chi connectivity index (χ4n) is 4.87. The molecule has 0 bridgehead atoms. The number of benzene rings is 2. The minimum atomic E-state index is 0.642. The molecule has 0 aliphatic rings. The molecule has 2 atom stereocenters. The molecule has 0 amide bonds. The van der Waals surface area contributed by atoms with Crippen molar-refractivity contribution in [3.63, 3.8) is 0 Å². The smallest absolute Gasteiger partial charge is 0.0419 e. The lowest BCUT2D eigenvalue weighted by Crippen LogP contribution is -2.06. The summed E-state index contributed by atoms with van der Waals surface area (Å²) in [4.78, 5) is 0. The molecule has 0 spiro atoms. The summed E-state index contributed by atoms with van der Waals surface area (Å²) in [6.07, 6.45) is 15.8. The van der Waals surface area contributed by atoms with Crippen LogP contribution in [0, 0.1) is 0 Å². The highest BCUT2D eigenvalue weighted by Gasteiger charge is 2.17. The molecule has 1 nitrogen and oxygen atoms in total. The van der Waals surface area contributed by atoms with Gasteiger partial charge >= 0.3 is 0 Å². The molecule has 0 aromatic heterocycles. The van der Waals surface area contributed by atoms with Crippen LogP contribution in [0.25, 0.3) is 0 Å². The SMILES string of the molecule is CCCCCCC(CC)c1ccccc1Nc1ccccc1C(CC)CCCCCC. The highest BCUT2D eigenvalue weighted by molar-refractivity contribution is 5.67. The molecule has 0 fully saturated rings. The summed E-state index contributed by atoms with van der Waals surface area (Å²) in [5, 5.41) is 3.87. The zero-order valence-corrected chi connectivity index (χ0v) is 20.8. The quantitative estimate of drug-likeness (QED) is 0.266. The number of para-hydroxylation sites is 2. The third-order valence-corrected chi connectivity index (χ3v) is 6.87. The number of nitrogens with one attached hydrogen (secondary N) is 1. The zero-order valence-electron chi connectivity index (χ0n) is 20.8. The Bertz CT molecular complexity index is 658. The van der Waals surface area contributed by atoms with E-state index in [-0.39, 0.29) is 0 Å². The number of hydrogen-bond acceptors (Lipinski definition) is 1. The van der Waals surface area contributed by atoms with Gasteiger partial charge in [-0.1, -0.05) is 115 Å². The first-order valence-corrected chi connectivity index (χ1v) is 13.2. The Balaban J connectivity index is 2.17. The molecule has 2 unspecified atom stereocenters. The van der Waals surface area contributed by atoms with E-state index in [1.54, 1.807) is 0 Å². The standard InChI is InChI=1S/C30H47N/c1-5-9-11-13-19-25(7-3)27-21-15-17-23-29(27)31-30-24-18-16-22-28(30)26(8-4)20-14-12-10-6-2/h15-18,21-26,31H,5-14,19-20H2,1-4H3. The Morgan fingerprint density at radius 2 is 0.968 bits per heavy atom. The van der Waals surface area contributed by atoms with E-state index in [9.17, 15) is 0 Å². The third-order valence-electron chi connectivity index (χ3n) is 6.87. The van der Waals surface area contributed by atoms with E-state index in [1.807, 2.05) is 0 Å². The van der Waals surface area contributed by atoms with Gasteiger partial charge < -0.3 is 5.32 Å². The van der Waals surface area contributed by atoms with Gasteiger partial charge in [-0.25, -0.2) is 0 Å². The lowest BCUT2D eigenvalue weighted by atomic mass is 9.88. The molecule has 1 heteroatoms. The average Bonchev–Trinajstić information content (AvgIpc) is 2.81. The minimum Gasteiger partial charge on any atom is -0.355 e. The van der Waals surface area contributed by atoms with Gasteiger partial charge in [0.05, 0.1) is 0 Å². The van der Waals surface area contributed by atoms with Crippen LogP contribution in [0.2, 0.25) is 0 Å². The fraction of sp³-hybridized carbons (Fsp3) is 0.600. The van der Waals surface area contributed by atoms with E-state index in [1.165, 1.54) is 99.6 Å². The zero-order chi connectivity index (χ0) is 22.3. The van der Waals surface area contributed by atoms with E-state index in [2.05, 4.69) is 81.5 Å². The van der Waals surface area contributed by atoms with Crippen LogP contribution in [0.15, 0.2) is 48.5 Å². The predicted molar refractivity (Wildman–Crippen MR) is 140 cm³/mol. The van der Waals surface area contributed by atoms with Gasteiger partial charge in [-0.05, 0) is 60.8 Å². The van der Waals surface area contributed by atoms with Crippen molar-refractivity contribution in [3.05, 3.63) is 59.7 Å². The van der Waals surface area contributed by atoms with E-state index < -0.39 is 0 Å². The largest absolute Gasteiger partial charge is 0.355 e. The van der Waals surface area contributed by atoms with Crippen molar-refractivity contribution in [2.45, 2.75) is 117 Å². The summed E-state index contributed by atoms with van der Waals surface area (Å²) in [7, 11) is 0. The average molecular weight is 422 g/mol. The van der Waals surface area contributed by atoms with Crippen LogP contribution in [-0.2, 0) is 0 Å². The highest BCUT2D eigenvalue weighted by atomic mass is 14.9. The van der Waals surface area contributed by atoms with E-state index in [0.717, 1.165) is 0 Å². The molecule has 0 aliphatic heterocycles. The second-order valence-electron chi connectivity index (χ2n) is 9.21.